The molecule has 1 heterocycles. The van der Waals surface area contributed by atoms with E-state index in [1.165, 1.54) is 0 Å². The van der Waals surface area contributed by atoms with Gasteiger partial charge in [0, 0.05) is 35.8 Å². The van der Waals surface area contributed by atoms with Crippen LogP contribution in [-0.4, -0.2) is 35.8 Å². The van der Waals surface area contributed by atoms with Crippen LogP contribution in [0.25, 0.3) is 0 Å². The number of anilines is 1. The van der Waals surface area contributed by atoms with Crippen LogP contribution < -0.4 is 9.64 Å². The summed E-state index contributed by atoms with van der Waals surface area (Å²) in [5, 5.41) is 12.9. The van der Waals surface area contributed by atoms with Crippen LogP contribution in [0.2, 0.25) is 0 Å². The molecule has 1 aromatic heterocycles. The molecular weight excluding hydrogens is 520 g/mol. The molecule has 0 bridgehead atoms. The Labute approximate surface area is 243 Å². The third kappa shape index (κ3) is 8.31. The van der Waals surface area contributed by atoms with Crippen molar-refractivity contribution in [1.82, 2.24) is 4.98 Å². The lowest BCUT2D eigenvalue weighted by molar-refractivity contribution is -0.124. The fourth-order valence-electron chi connectivity index (χ4n) is 5.81. The average Bonchev–Trinajstić information content (AvgIpc) is 3.49. The van der Waals surface area contributed by atoms with E-state index in [1.54, 1.807) is 24.6 Å². The molecule has 2 aliphatic carbocycles. The number of aliphatic hydroxyl groups excluding tert-OH is 1. The predicted molar refractivity (Wildman–Crippen MR) is 162 cm³/mol. The van der Waals surface area contributed by atoms with Gasteiger partial charge in [-0.25, -0.2) is 4.98 Å². The Morgan fingerprint density at radius 2 is 1.82 bits per heavy atom. The summed E-state index contributed by atoms with van der Waals surface area (Å²) in [6.45, 7) is 9.56. The highest BCUT2D eigenvalue weighted by atomic mass is 32.1. The molecule has 0 saturated heterocycles. The molecular formula is C33H44N2O4S. The van der Waals surface area contributed by atoms with E-state index >= 15 is 0 Å². The lowest BCUT2D eigenvalue weighted by Gasteiger charge is -2.36. The van der Waals surface area contributed by atoms with Gasteiger partial charge in [0.05, 0.1) is 13.2 Å². The monoisotopic (exact) mass is 564 g/mol. The van der Waals surface area contributed by atoms with Crippen molar-refractivity contribution in [3.05, 3.63) is 76.5 Å². The number of carbonyl (C=O) groups excluding carboxylic acids is 1. The highest BCUT2D eigenvalue weighted by Gasteiger charge is 2.32. The van der Waals surface area contributed by atoms with E-state index < -0.39 is 0 Å². The van der Waals surface area contributed by atoms with Crippen molar-refractivity contribution in [3.63, 3.8) is 0 Å². The van der Waals surface area contributed by atoms with Crippen LogP contribution in [0.5, 0.6) is 5.75 Å². The van der Waals surface area contributed by atoms with E-state index in [1.807, 2.05) is 54.5 Å². The minimum atomic E-state index is -0.283. The molecule has 1 N–H and O–H groups in total. The number of thiazole rings is 1. The number of hydrogen-bond acceptors (Lipinski definition) is 6. The van der Waals surface area contributed by atoms with E-state index in [2.05, 4.69) is 17.6 Å². The van der Waals surface area contributed by atoms with Crippen molar-refractivity contribution in [1.29, 1.82) is 0 Å². The van der Waals surface area contributed by atoms with Gasteiger partial charge in [-0.1, -0.05) is 24.3 Å². The van der Waals surface area contributed by atoms with Gasteiger partial charge in [0.1, 0.15) is 23.1 Å². The topological polar surface area (TPSA) is 71.9 Å². The number of aromatic nitrogens is 1. The first kappa shape index (κ1) is 30.1. The number of hydrogen-bond donors (Lipinski definition) is 1. The van der Waals surface area contributed by atoms with Crippen molar-refractivity contribution in [2.24, 2.45) is 17.8 Å². The summed E-state index contributed by atoms with van der Waals surface area (Å²) < 4.78 is 11.5. The van der Waals surface area contributed by atoms with E-state index in [0.29, 0.717) is 37.8 Å². The zero-order chi connectivity index (χ0) is 28.5. The molecule has 0 unspecified atom stereocenters. The minimum absolute atomic E-state index is 0.0467. The number of amides is 1. The van der Waals surface area contributed by atoms with Gasteiger partial charge >= 0.3 is 0 Å². The van der Waals surface area contributed by atoms with Crippen molar-refractivity contribution in [3.8, 4) is 5.75 Å². The quantitative estimate of drug-likeness (QED) is 0.226. The molecule has 216 valence electrons. The minimum Gasteiger partial charge on any atom is -0.497 e. The molecule has 2 aromatic rings. The second-order valence-corrected chi connectivity index (χ2v) is 12.3. The normalized spacial score (nSPS) is 23.0. The molecule has 0 radical (unpaired) electrons. The molecule has 0 aliphatic heterocycles. The standard InChI is InChI=1S/C33H44N2O4S/c1-23(2)31(38-4)17-8-24(3)26-11-9-25(10-12-26)21-35(33(37)27-13-15-29(36)16-14-27)28-6-5-7-30(20-28)39-22-32-34-18-19-40-32/h5-8,17-20,25-27,29,36H,3,9-16,21-22H2,1-2,4H3/b17-8-/t25-,26-,27-,29-. The molecule has 0 atom stereocenters. The molecule has 4 rings (SSSR count). The SMILES string of the molecule is C=C(/C=C\C(OC)=C(C)C)[C@H]1CC[C@H](CN(c2cccc(OCc3nccs3)c2)C(=O)[C@H]2CC[C@H](O)CC2)CC1. The zero-order valence-corrected chi connectivity index (χ0v) is 25.0. The van der Waals surface area contributed by atoms with Gasteiger partial charge < -0.3 is 19.5 Å². The van der Waals surface area contributed by atoms with Crippen molar-refractivity contribution < 1.29 is 19.4 Å². The predicted octanol–water partition coefficient (Wildman–Crippen LogP) is 7.47. The first-order valence-corrected chi connectivity index (χ1v) is 15.4. The third-order valence-electron chi connectivity index (χ3n) is 8.26. The number of methoxy groups -OCH3 is 1. The first-order chi connectivity index (χ1) is 19.3. The molecule has 1 aromatic carbocycles. The Kier molecular flexibility index (Phi) is 11.0. The summed E-state index contributed by atoms with van der Waals surface area (Å²) in [4.78, 5) is 20.2. The number of ether oxygens (including phenoxy) is 2. The van der Waals surface area contributed by atoms with E-state index in [4.69, 9.17) is 9.47 Å². The number of rotatable bonds is 11. The first-order valence-electron chi connectivity index (χ1n) is 14.5. The Morgan fingerprint density at radius 1 is 1.10 bits per heavy atom. The second kappa shape index (κ2) is 14.6. The van der Waals surface area contributed by atoms with E-state index in [0.717, 1.165) is 71.9 Å². The summed E-state index contributed by atoms with van der Waals surface area (Å²) in [5.74, 6) is 2.63. The fraction of sp³-hybridized carbons (Fsp3) is 0.515. The second-order valence-electron chi connectivity index (χ2n) is 11.4. The van der Waals surface area contributed by atoms with Crippen LogP contribution in [0.1, 0.15) is 70.2 Å². The Hall–Kier alpha value is -2.90. The average molecular weight is 565 g/mol. The molecule has 40 heavy (non-hydrogen) atoms. The van der Waals surface area contributed by atoms with Crippen LogP contribution in [0.4, 0.5) is 5.69 Å². The highest BCUT2D eigenvalue weighted by molar-refractivity contribution is 7.09. The van der Waals surface area contributed by atoms with Crippen molar-refractivity contribution in [2.75, 3.05) is 18.6 Å². The van der Waals surface area contributed by atoms with Gasteiger partial charge in [0.15, 0.2) is 0 Å². The third-order valence-corrected chi connectivity index (χ3v) is 9.01. The van der Waals surface area contributed by atoms with Crippen LogP contribution in [0, 0.1) is 17.8 Å². The molecule has 6 nitrogen and oxygen atoms in total. The molecule has 1 amide bonds. The lowest BCUT2D eigenvalue weighted by atomic mass is 9.78. The Morgan fingerprint density at radius 3 is 2.48 bits per heavy atom. The zero-order valence-electron chi connectivity index (χ0n) is 24.2. The van der Waals surface area contributed by atoms with Gasteiger partial charge in [0.25, 0.3) is 0 Å². The lowest BCUT2D eigenvalue weighted by Crippen LogP contribution is -2.42. The molecule has 2 aliphatic rings. The number of benzene rings is 1. The van der Waals surface area contributed by atoms with Gasteiger partial charge in [-0.3, -0.25) is 4.79 Å². The maximum absolute atomic E-state index is 13.9. The summed E-state index contributed by atoms with van der Waals surface area (Å²) >= 11 is 1.57. The smallest absolute Gasteiger partial charge is 0.230 e. The number of carbonyl (C=O) groups is 1. The van der Waals surface area contributed by atoms with Crippen LogP contribution in [0.3, 0.4) is 0 Å². The maximum atomic E-state index is 13.9. The van der Waals surface area contributed by atoms with Gasteiger partial charge in [-0.15, -0.1) is 11.3 Å². The summed E-state index contributed by atoms with van der Waals surface area (Å²) in [6, 6.07) is 7.90. The highest BCUT2D eigenvalue weighted by Crippen LogP contribution is 2.36. The Balaban J connectivity index is 1.43. The van der Waals surface area contributed by atoms with Crippen LogP contribution >= 0.6 is 11.3 Å². The van der Waals surface area contributed by atoms with Crippen molar-refractivity contribution in [2.45, 2.75) is 77.9 Å². The van der Waals surface area contributed by atoms with E-state index in [9.17, 15) is 9.90 Å². The largest absolute Gasteiger partial charge is 0.497 e. The van der Waals surface area contributed by atoms with Gasteiger partial charge in [-0.05, 0) is 101 Å². The fourth-order valence-corrected chi connectivity index (χ4v) is 6.34. The van der Waals surface area contributed by atoms with Crippen LogP contribution in [0.15, 0.2) is 71.5 Å². The molecule has 2 fully saturated rings. The number of nitrogens with zero attached hydrogens (tertiary/aromatic N) is 2. The number of allylic oxidation sites excluding steroid dienone is 4. The summed E-state index contributed by atoms with van der Waals surface area (Å²) in [7, 11) is 1.70. The molecule has 0 spiro atoms. The summed E-state index contributed by atoms with van der Waals surface area (Å²) in [6.07, 6.45) is 12.7. The maximum Gasteiger partial charge on any atom is 0.230 e. The van der Waals surface area contributed by atoms with E-state index in [-0.39, 0.29) is 17.9 Å². The van der Waals surface area contributed by atoms with Crippen molar-refractivity contribution >= 4 is 22.9 Å². The van der Waals surface area contributed by atoms with Gasteiger partial charge in [-0.2, -0.15) is 0 Å². The Bertz CT molecular complexity index is 1170. The van der Waals surface area contributed by atoms with Crippen LogP contribution in [-0.2, 0) is 16.1 Å². The molecule has 7 heteroatoms. The summed E-state index contributed by atoms with van der Waals surface area (Å²) in [5.41, 5.74) is 3.18. The molecule has 2 saturated carbocycles. The number of aliphatic hydroxyl groups is 1. The van der Waals surface area contributed by atoms with Gasteiger partial charge in [0.2, 0.25) is 5.91 Å².